The van der Waals surface area contributed by atoms with Gasteiger partial charge in [-0.1, -0.05) is 11.6 Å². The predicted octanol–water partition coefficient (Wildman–Crippen LogP) is 3.20. The zero-order chi connectivity index (χ0) is 22.2. The zero-order valence-electron chi connectivity index (χ0n) is 17.5. The highest BCUT2D eigenvalue weighted by Crippen LogP contribution is 2.21. The van der Waals surface area contributed by atoms with Crippen LogP contribution >= 0.6 is 11.6 Å². The van der Waals surface area contributed by atoms with Crippen LogP contribution in [0.5, 0.6) is 0 Å². The number of nitrogens with zero attached hydrogens (tertiary/aromatic N) is 1. The summed E-state index contributed by atoms with van der Waals surface area (Å²) >= 11 is 5.86. The van der Waals surface area contributed by atoms with Gasteiger partial charge in [0.2, 0.25) is 11.8 Å². The van der Waals surface area contributed by atoms with Crippen molar-refractivity contribution in [1.29, 1.82) is 0 Å². The van der Waals surface area contributed by atoms with E-state index in [0.717, 1.165) is 18.5 Å². The number of likely N-dealkylation sites (N-methyl/N-ethyl adjacent to an activating group) is 1. The molecule has 2 aromatic carbocycles. The van der Waals surface area contributed by atoms with Crippen molar-refractivity contribution in [1.82, 2.24) is 10.6 Å². The van der Waals surface area contributed by atoms with E-state index in [4.69, 9.17) is 11.6 Å². The molecule has 1 aliphatic heterocycles. The van der Waals surface area contributed by atoms with E-state index in [9.17, 15) is 14.4 Å². The Balaban J connectivity index is 1.58. The molecule has 8 heteroatoms. The largest absolute Gasteiger partial charge is 0.348 e. The van der Waals surface area contributed by atoms with Crippen LogP contribution in [0, 0.1) is 0 Å². The van der Waals surface area contributed by atoms with Gasteiger partial charge in [-0.3, -0.25) is 14.4 Å². The first kappa shape index (κ1) is 22.8. The molecule has 0 aliphatic carbocycles. The Morgan fingerprint density at radius 2 is 1.77 bits per heavy atom. The minimum Gasteiger partial charge on any atom is -0.348 e. The Kier molecular flexibility index (Phi) is 8.03. The molecule has 1 aliphatic rings. The molecule has 0 radical (unpaired) electrons. The molecule has 3 amide bonds. The summed E-state index contributed by atoms with van der Waals surface area (Å²) in [7, 11) is 1.76. The number of amides is 3. The maximum absolute atomic E-state index is 12.7. The second kappa shape index (κ2) is 10.9. The molecule has 3 N–H and O–H groups in total. The molecular weight excluding hydrogens is 416 g/mol. The van der Waals surface area contributed by atoms with Crippen molar-refractivity contribution in [3.63, 3.8) is 0 Å². The minimum absolute atomic E-state index is 0.115. The second-order valence-corrected chi connectivity index (χ2v) is 7.97. The van der Waals surface area contributed by atoms with Gasteiger partial charge in [0.15, 0.2) is 0 Å². The van der Waals surface area contributed by atoms with Gasteiger partial charge in [0.05, 0.1) is 6.04 Å². The molecule has 7 nitrogen and oxygen atoms in total. The molecule has 0 aromatic heterocycles. The topological polar surface area (TPSA) is 90.5 Å². The van der Waals surface area contributed by atoms with Crippen LogP contribution in [0.3, 0.4) is 0 Å². The lowest BCUT2D eigenvalue weighted by Gasteiger charge is -2.27. The van der Waals surface area contributed by atoms with Crippen molar-refractivity contribution >= 4 is 40.7 Å². The van der Waals surface area contributed by atoms with Gasteiger partial charge in [-0.25, -0.2) is 0 Å². The molecule has 2 aromatic rings. The van der Waals surface area contributed by atoms with Crippen LogP contribution in [-0.2, 0) is 9.59 Å². The van der Waals surface area contributed by atoms with Crippen molar-refractivity contribution in [2.75, 3.05) is 30.4 Å². The molecule has 164 valence electrons. The molecule has 0 spiro atoms. The molecule has 31 heavy (non-hydrogen) atoms. The fraction of sp³-hybridized carbons (Fsp3) is 0.348. The van der Waals surface area contributed by atoms with E-state index in [0.29, 0.717) is 35.8 Å². The van der Waals surface area contributed by atoms with Gasteiger partial charge in [0, 0.05) is 47.9 Å². The molecule has 0 bridgehead atoms. The number of benzene rings is 2. The fourth-order valence-corrected chi connectivity index (χ4v) is 3.66. The quantitative estimate of drug-likeness (QED) is 0.585. The van der Waals surface area contributed by atoms with E-state index >= 15 is 0 Å². The normalized spacial score (nSPS) is 14.8. The summed E-state index contributed by atoms with van der Waals surface area (Å²) in [6.07, 6.45) is 2.59. The molecule has 1 atom stereocenters. The highest BCUT2D eigenvalue weighted by atomic mass is 35.5. The number of piperidine rings is 1. The number of carbonyl (C=O) groups excluding carboxylic acids is 3. The maximum Gasteiger partial charge on any atom is 0.251 e. The summed E-state index contributed by atoms with van der Waals surface area (Å²) in [6, 6.07) is 13.5. The molecule has 1 saturated heterocycles. The highest BCUT2D eigenvalue weighted by molar-refractivity contribution is 6.30. The number of carbonyl (C=O) groups is 3. The van der Waals surface area contributed by atoms with E-state index in [1.807, 2.05) is 0 Å². The van der Waals surface area contributed by atoms with Crippen LogP contribution in [0.4, 0.5) is 11.4 Å². The molecule has 1 unspecified atom stereocenters. The summed E-state index contributed by atoms with van der Waals surface area (Å²) in [4.78, 5) is 38.9. The Bertz CT molecular complexity index is 915. The number of nitrogens with one attached hydrogen (secondary N) is 3. The van der Waals surface area contributed by atoms with Gasteiger partial charge in [0.1, 0.15) is 0 Å². The Hall–Kier alpha value is -2.90. The third-order valence-electron chi connectivity index (χ3n) is 5.11. The van der Waals surface area contributed by atoms with Crippen LogP contribution in [0.15, 0.2) is 48.5 Å². The summed E-state index contributed by atoms with van der Waals surface area (Å²) in [5.74, 6) is -0.359. The molecule has 3 rings (SSSR count). The summed E-state index contributed by atoms with van der Waals surface area (Å²) < 4.78 is 0. The minimum atomic E-state index is -0.381. The van der Waals surface area contributed by atoms with E-state index < -0.39 is 0 Å². The highest BCUT2D eigenvalue weighted by Gasteiger charge is 2.21. The Labute approximate surface area is 187 Å². The second-order valence-electron chi connectivity index (χ2n) is 7.54. The molecule has 1 fully saturated rings. The number of hydrogen-bond donors (Lipinski definition) is 3. The van der Waals surface area contributed by atoms with Crippen molar-refractivity contribution in [3.8, 4) is 0 Å². The lowest BCUT2D eigenvalue weighted by atomic mass is 10.1. The van der Waals surface area contributed by atoms with Gasteiger partial charge in [0.25, 0.3) is 5.91 Å². The van der Waals surface area contributed by atoms with Crippen LogP contribution in [-0.4, -0.2) is 43.9 Å². The average molecular weight is 443 g/mol. The van der Waals surface area contributed by atoms with E-state index in [1.54, 1.807) is 60.5 Å². The van der Waals surface area contributed by atoms with Crippen molar-refractivity contribution in [3.05, 3.63) is 59.1 Å². The SMILES string of the molecule is CNCC(CC(=O)Nc1ccc(Cl)cc1)NC(=O)c1ccc(N2CCCCC2=O)cc1. The number of anilines is 2. The lowest BCUT2D eigenvalue weighted by molar-refractivity contribution is -0.119. The Morgan fingerprint density at radius 3 is 2.42 bits per heavy atom. The van der Waals surface area contributed by atoms with Crippen molar-refractivity contribution in [2.45, 2.75) is 31.7 Å². The zero-order valence-corrected chi connectivity index (χ0v) is 18.2. The standard InChI is InChI=1S/C23H27ClN4O3/c1-25-15-19(14-21(29)26-18-9-7-17(24)8-10-18)27-23(31)16-5-11-20(12-6-16)28-13-3-2-4-22(28)30/h5-12,19,25H,2-4,13-15H2,1H3,(H,26,29)(H,27,31). The number of halogens is 1. The molecule has 0 saturated carbocycles. The Morgan fingerprint density at radius 1 is 1.06 bits per heavy atom. The first-order valence-electron chi connectivity index (χ1n) is 10.4. The first-order chi connectivity index (χ1) is 15.0. The maximum atomic E-state index is 12.7. The number of rotatable bonds is 8. The molecule has 1 heterocycles. The molecular formula is C23H27ClN4O3. The predicted molar refractivity (Wildman–Crippen MR) is 123 cm³/mol. The lowest BCUT2D eigenvalue weighted by Crippen LogP contribution is -2.43. The van der Waals surface area contributed by atoms with Gasteiger partial charge >= 0.3 is 0 Å². The monoisotopic (exact) mass is 442 g/mol. The van der Waals surface area contributed by atoms with Crippen LogP contribution in [0.2, 0.25) is 5.02 Å². The average Bonchev–Trinajstić information content (AvgIpc) is 2.76. The van der Waals surface area contributed by atoms with Gasteiger partial charge in [-0.2, -0.15) is 0 Å². The number of hydrogen-bond acceptors (Lipinski definition) is 4. The summed E-state index contributed by atoms with van der Waals surface area (Å²) in [5.41, 5.74) is 1.93. The van der Waals surface area contributed by atoms with Crippen LogP contribution < -0.4 is 20.9 Å². The first-order valence-corrected chi connectivity index (χ1v) is 10.8. The third-order valence-corrected chi connectivity index (χ3v) is 5.36. The van der Waals surface area contributed by atoms with E-state index in [2.05, 4.69) is 16.0 Å². The van der Waals surface area contributed by atoms with Gasteiger partial charge in [-0.15, -0.1) is 0 Å². The third kappa shape index (κ3) is 6.54. The van der Waals surface area contributed by atoms with E-state index in [-0.39, 0.29) is 30.2 Å². The van der Waals surface area contributed by atoms with E-state index in [1.165, 1.54) is 0 Å². The van der Waals surface area contributed by atoms with Crippen LogP contribution in [0.1, 0.15) is 36.0 Å². The van der Waals surface area contributed by atoms with Crippen LogP contribution in [0.25, 0.3) is 0 Å². The fourth-order valence-electron chi connectivity index (χ4n) is 3.53. The summed E-state index contributed by atoms with van der Waals surface area (Å²) in [6.45, 7) is 1.15. The summed E-state index contributed by atoms with van der Waals surface area (Å²) in [5, 5.41) is 9.30. The van der Waals surface area contributed by atoms with Gasteiger partial charge < -0.3 is 20.9 Å². The van der Waals surface area contributed by atoms with Crippen molar-refractivity contribution < 1.29 is 14.4 Å². The van der Waals surface area contributed by atoms with Crippen molar-refractivity contribution in [2.24, 2.45) is 0 Å². The smallest absolute Gasteiger partial charge is 0.251 e. The van der Waals surface area contributed by atoms with Gasteiger partial charge in [-0.05, 0) is 68.4 Å².